The molecule has 0 aliphatic heterocycles. The van der Waals surface area contributed by atoms with Crippen LogP contribution >= 0.6 is 34.5 Å². The number of nitrogens with zero attached hydrogens (tertiary/aromatic N) is 2. The second-order valence-electron chi connectivity index (χ2n) is 3.56. The molecule has 0 aliphatic carbocycles. The Morgan fingerprint density at radius 1 is 1.45 bits per heavy atom. The molecule has 0 atom stereocenters. The predicted octanol–water partition coefficient (Wildman–Crippen LogP) is 3.22. The Labute approximate surface area is 127 Å². The molecule has 1 aromatic heterocycles. The molecule has 2 aromatic rings. The van der Waals surface area contributed by atoms with Gasteiger partial charge < -0.3 is 4.74 Å². The first-order valence-electron chi connectivity index (χ1n) is 5.19. The lowest BCUT2D eigenvalue weighted by molar-refractivity contribution is -0.385. The highest BCUT2D eigenvalue weighted by molar-refractivity contribution is 7.15. The number of hydrogen-bond donors (Lipinski definition) is 2. The molecule has 20 heavy (non-hydrogen) atoms. The molecule has 3 N–H and O–H groups in total. The minimum Gasteiger partial charge on any atom is -0.481 e. The van der Waals surface area contributed by atoms with Crippen molar-refractivity contribution < 1.29 is 9.66 Å². The summed E-state index contributed by atoms with van der Waals surface area (Å²) in [5.74, 6) is 5.25. The van der Waals surface area contributed by atoms with Gasteiger partial charge in [0.2, 0.25) is 0 Å². The normalized spacial score (nSPS) is 10.3. The Bertz CT molecular complexity index is 649. The third kappa shape index (κ3) is 3.28. The fourth-order valence-corrected chi connectivity index (χ4v) is 2.31. The highest BCUT2D eigenvalue weighted by Crippen LogP contribution is 2.36. The fraction of sp³-hybridized carbons (Fsp3) is 0.100. The van der Waals surface area contributed by atoms with Crippen LogP contribution in [0.1, 0.15) is 4.88 Å². The van der Waals surface area contributed by atoms with Gasteiger partial charge in [0.1, 0.15) is 6.61 Å². The van der Waals surface area contributed by atoms with E-state index in [0.717, 1.165) is 10.9 Å². The van der Waals surface area contributed by atoms with Crippen molar-refractivity contribution in [3.63, 3.8) is 0 Å². The molecule has 0 amide bonds. The van der Waals surface area contributed by atoms with Gasteiger partial charge in [0.05, 0.1) is 19.8 Å². The Kier molecular flexibility index (Phi) is 4.61. The number of nitrogen functional groups attached to an aromatic ring is 1. The third-order valence-corrected chi connectivity index (χ3v) is 3.87. The summed E-state index contributed by atoms with van der Waals surface area (Å²) < 4.78 is 5.40. The summed E-state index contributed by atoms with van der Waals surface area (Å²) in [6.07, 6.45) is 1.56. The van der Waals surface area contributed by atoms with E-state index in [1.165, 1.54) is 17.4 Å². The molecule has 106 valence electrons. The van der Waals surface area contributed by atoms with Crippen LogP contribution < -0.4 is 16.0 Å². The molecule has 2 rings (SSSR count). The molecule has 1 aromatic carbocycles. The van der Waals surface area contributed by atoms with Gasteiger partial charge in [-0.3, -0.25) is 15.5 Å². The summed E-state index contributed by atoms with van der Waals surface area (Å²) in [7, 11) is 0. The molecule has 10 heteroatoms. The quantitative estimate of drug-likeness (QED) is 0.494. The lowest BCUT2D eigenvalue weighted by Gasteiger charge is -2.06. The maximum absolute atomic E-state index is 10.9. The molecule has 0 unspecified atom stereocenters. The van der Waals surface area contributed by atoms with Gasteiger partial charge in [-0.2, -0.15) is 0 Å². The van der Waals surface area contributed by atoms with Crippen molar-refractivity contribution in [2.75, 3.05) is 5.43 Å². The number of rotatable bonds is 5. The van der Waals surface area contributed by atoms with Crippen LogP contribution in [0.5, 0.6) is 5.75 Å². The average Bonchev–Trinajstić information content (AvgIpc) is 2.87. The molecule has 0 spiro atoms. The van der Waals surface area contributed by atoms with Crippen LogP contribution in [0.4, 0.5) is 10.8 Å². The smallest absolute Gasteiger partial charge is 0.312 e. The number of nitrogens with one attached hydrogen (secondary N) is 1. The van der Waals surface area contributed by atoms with Gasteiger partial charge in [0.25, 0.3) is 0 Å². The molecule has 0 fully saturated rings. The van der Waals surface area contributed by atoms with E-state index in [4.69, 9.17) is 33.8 Å². The van der Waals surface area contributed by atoms with Crippen LogP contribution in [0, 0.1) is 10.1 Å². The molecular weight excluding hydrogens is 327 g/mol. The van der Waals surface area contributed by atoms with Gasteiger partial charge in [0.15, 0.2) is 10.9 Å². The summed E-state index contributed by atoms with van der Waals surface area (Å²) in [5.41, 5.74) is 2.15. The van der Waals surface area contributed by atoms with Gasteiger partial charge in [-0.05, 0) is 0 Å². The predicted molar refractivity (Wildman–Crippen MR) is 77.4 cm³/mol. The number of anilines is 1. The first kappa shape index (κ1) is 14.8. The molecule has 0 radical (unpaired) electrons. The Morgan fingerprint density at radius 3 is 2.75 bits per heavy atom. The monoisotopic (exact) mass is 334 g/mol. The number of hydrazine groups is 1. The summed E-state index contributed by atoms with van der Waals surface area (Å²) in [6, 6.07) is 2.46. The Morgan fingerprint density at radius 2 is 2.15 bits per heavy atom. The SMILES string of the molecule is NNc1ncc(COc2cc(Cl)c(Cl)cc2[N+](=O)[O-])s1. The number of nitrogens with two attached hydrogens (primary N) is 1. The highest BCUT2D eigenvalue weighted by Gasteiger charge is 2.18. The second-order valence-corrected chi connectivity index (χ2v) is 5.49. The van der Waals surface area contributed by atoms with E-state index >= 15 is 0 Å². The zero-order valence-corrected chi connectivity index (χ0v) is 12.1. The van der Waals surface area contributed by atoms with Crippen molar-refractivity contribution in [2.24, 2.45) is 5.84 Å². The van der Waals surface area contributed by atoms with Crippen molar-refractivity contribution in [3.8, 4) is 5.75 Å². The van der Waals surface area contributed by atoms with Gasteiger partial charge in [-0.1, -0.05) is 34.5 Å². The number of halogens is 2. The number of thiazole rings is 1. The lowest BCUT2D eigenvalue weighted by Crippen LogP contribution is -2.05. The number of benzene rings is 1. The van der Waals surface area contributed by atoms with E-state index in [2.05, 4.69) is 10.4 Å². The first-order valence-corrected chi connectivity index (χ1v) is 6.76. The van der Waals surface area contributed by atoms with Crippen LogP contribution in [-0.4, -0.2) is 9.91 Å². The highest BCUT2D eigenvalue weighted by atomic mass is 35.5. The Hall–Kier alpha value is -1.61. The van der Waals surface area contributed by atoms with Crippen LogP contribution in [0.3, 0.4) is 0 Å². The molecule has 1 heterocycles. The van der Waals surface area contributed by atoms with Crippen molar-refractivity contribution >= 4 is 45.4 Å². The summed E-state index contributed by atoms with van der Waals surface area (Å²) in [4.78, 5) is 15.1. The van der Waals surface area contributed by atoms with E-state index in [-0.39, 0.29) is 28.1 Å². The van der Waals surface area contributed by atoms with Crippen molar-refractivity contribution in [2.45, 2.75) is 6.61 Å². The van der Waals surface area contributed by atoms with E-state index < -0.39 is 4.92 Å². The van der Waals surface area contributed by atoms with Crippen molar-refractivity contribution in [1.29, 1.82) is 0 Å². The second kappa shape index (κ2) is 6.23. The van der Waals surface area contributed by atoms with E-state index in [1.807, 2.05) is 0 Å². The molecule has 0 aliphatic rings. The van der Waals surface area contributed by atoms with Crippen molar-refractivity contribution in [3.05, 3.63) is 43.4 Å². The van der Waals surface area contributed by atoms with Crippen LogP contribution in [0.2, 0.25) is 10.0 Å². The minimum absolute atomic E-state index is 0.0417. The topological polar surface area (TPSA) is 103 Å². The molecule has 0 saturated heterocycles. The van der Waals surface area contributed by atoms with Gasteiger partial charge in [0, 0.05) is 18.3 Å². The van der Waals surface area contributed by atoms with Gasteiger partial charge in [-0.15, -0.1) is 0 Å². The summed E-state index contributed by atoms with van der Waals surface area (Å²) in [5, 5.41) is 11.7. The standard InChI is InChI=1S/C10H8Cl2N4O3S/c11-6-1-8(16(17)18)9(2-7(6)12)19-4-5-3-14-10(15-13)20-5/h1-3H,4,13H2,(H,14,15). The number of aromatic nitrogens is 1. The van der Waals surface area contributed by atoms with E-state index in [1.54, 1.807) is 6.20 Å². The number of nitro benzene ring substituents is 1. The number of hydrogen-bond acceptors (Lipinski definition) is 7. The molecule has 7 nitrogen and oxygen atoms in total. The minimum atomic E-state index is -0.586. The molecule has 0 bridgehead atoms. The van der Waals surface area contributed by atoms with Crippen molar-refractivity contribution in [1.82, 2.24) is 4.98 Å². The first-order chi connectivity index (χ1) is 9.51. The zero-order valence-electron chi connectivity index (χ0n) is 9.80. The van der Waals surface area contributed by atoms with Crippen LogP contribution in [0.15, 0.2) is 18.3 Å². The summed E-state index contributed by atoms with van der Waals surface area (Å²) in [6.45, 7) is 0.109. The number of nitro groups is 1. The maximum atomic E-state index is 10.9. The molecule has 0 saturated carbocycles. The number of ether oxygens (including phenoxy) is 1. The van der Waals surface area contributed by atoms with E-state index in [0.29, 0.717) is 5.13 Å². The fourth-order valence-electron chi connectivity index (χ4n) is 1.37. The van der Waals surface area contributed by atoms with Crippen LogP contribution in [0.25, 0.3) is 0 Å². The van der Waals surface area contributed by atoms with Gasteiger partial charge >= 0.3 is 5.69 Å². The summed E-state index contributed by atoms with van der Waals surface area (Å²) >= 11 is 12.8. The zero-order chi connectivity index (χ0) is 14.7. The average molecular weight is 335 g/mol. The lowest BCUT2D eigenvalue weighted by atomic mass is 10.3. The van der Waals surface area contributed by atoms with Crippen LogP contribution in [-0.2, 0) is 6.61 Å². The molecular formula is C10H8Cl2N4O3S. The van der Waals surface area contributed by atoms with Gasteiger partial charge in [-0.25, -0.2) is 10.8 Å². The largest absolute Gasteiger partial charge is 0.481 e. The third-order valence-electron chi connectivity index (χ3n) is 2.25. The maximum Gasteiger partial charge on any atom is 0.312 e. The Balaban J connectivity index is 2.20. The van der Waals surface area contributed by atoms with E-state index in [9.17, 15) is 10.1 Å².